The van der Waals surface area contributed by atoms with Gasteiger partial charge in [-0.25, -0.2) is 12.7 Å². The Balaban J connectivity index is 1.52. The number of sulfonamides is 1. The molecule has 0 aliphatic rings. The summed E-state index contributed by atoms with van der Waals surface area (Å²) in [4.78, 5) is 4.38. The van der Waals surface area contributed by atoms with Crippen molar-refractivity contribution in [2.24, 2.45) is 0 Å². The Hall–Kier alpha value is -4.44. The molecule has 0 saturated carbocycles. The highest BCUT2D eigenvalue weighted by atomic mass is 32.2. The third-order valence-electron chi connectivity index (χ3n) is 5.37. The molecule has 5 aromatic rings. The number of pyridine rings is 1. The minimum Gasteiger partial charge on any atom is -0.290 e. The van der Waals surface area contributed by atoms with Gasteiger partial charge in [0.15, 0.2) is 11.5 Å². The summed E-state index contributed by atoms with van der Waals surface area (Å²) in [6.45, 7) is 3.46. The molecule has 0 aliphatic carbocycles. The molecule has 1 N–H and O–H groups in total. The first kappa shape index (κ1) is 21.4. The van der Waals surface area contributed by atoms with E-state index in [0.717, 1.165) is 27.0 Å². The molecule has 0 unspecified atom stereocenters. The van der Waals surface area contributed by atoms with E-state index in [0.29, 0.717) is 35.5 Å². The maximum Gasteiger partial charge on any atom is 0.268 e. The Morgan fingerprint density at radius 3 is 2.74 bits per heavy atom. The van der Waals surface area contributed by atoms with Gasteiger partial charge in [0, 0.05) is 29.8 Å². The molecule has 0 saturated heterocycles. The molecular weight excluding hydrogens is 450 g/mol. The molecule has 0 spiro atoms. The largest absolute Gasteiger partial charge is 0.290 e. The predicted octanol–water partition coefficient (Wildman–Crippen LogP) is 3.67. The van der Waals surface area contributed by atoms with Crippen LogP contribution < -0.4 is 0 Å². The van der Waals surface area contributed by atoms with Crippen LogP contribution in [0.3, 0.4) is 0 Å². The van der Waals surface area contributed by atoms with Crippen LogP contribution in [0.25, 0.3) is 27.8 Å². The molecule has 10 heteroatoms. The van der Waals surface area contributed by atoms with Crippen LogP contribution in [-0.2, 0) is 16.4 Å². The Labute approximate surface area is 195 Å². The van der Waals surface area contributed by atoms with Crippen LogP contribution in [0.5, 0.6) is 0 Å². The second kappa shape index (κ2) is 8.49. The molecule has 0 bridgehead atoms. The number of hydrogen-bond acceptors (Lipinski definition) is 7. The van der Waals surface area contributed by atoms with Gasteiger partial charge in [-0.05, 0) is 48.0 Å². The van der Waals surface area contributed by atoms with Crippen LogP contribution in [0.1, 0.15) is 11.4 Å². The summed E-state index contributed by atoms with van der Waals surface area (Å²) >= 11 is 0. The van der Waals surface area contributed by atoms with Crippen molar-refractivity contribution in [1.29, 1.82) is 5.41 Å². The van der Waals surface area contributed by atoms with Crippen molar-refractivity contribution in [2.75, 3.05) is 0 Å². The van der Waals surface area contributed by atoms with Crippen molar-refractivity contribution in [2.45, 2.75) is 11.3 Å². The van der Waals surface area contributed by atoms with E-state index in [4.69, 9.17) is 5.41 Å². The lowest BCUT2D eigenvalue weighted by Crippen LogP contribution is -2.23. The minimum atomic E-state index is -3.92. The number of nitrogens with one attached hydrogen (secondary N) is 1. The van der Waals surface area contributed by atoms with E-state index >= 15 is 0 Å². The smallest absolute Gasteiger partial charge is 0.268 e. The maximum absolute atomic E-state index is 12.8. The van der Waals surface area contributed by atoms with Crippen molar-refractivity contribution in [3.8, 4) is 11.3 Å². The van der Waals surface area contributed by atoms with Crippen molar-refractivity contribution >= 4 is 32.9 Å². The number of nitrogens with zero attached hydrogens (tertiary/aromatic N) is 6. The quantitative estimate of drug-likeness (QED) is 0.287. The topological polar surface area (TPSA) is 117 Å². The summed E-state index contributed by atoms with van der Waals surface area (Å²) in [5.74, 6) is 0.658. The summed E-state index contributed by atoms with van der Waals surface area (Å²) in [6, 6.07) is 19.9. The van der Waals surface area contributed by atoms with Crippen LogP contribution in [-0.4, -0.2) is 43.9 Å². The molecule has 168 valence electrons. The molecular formula is C24H19N7O2S. The van der Waals surface area contributed by atoms with Gasteiger partial charge in [0.05, 0.1) is 16.1 Å². The first-order chi connectivity index (χ1) is 16.5. The minimum absolute atomic E-state index is 0.0315. The molecule has 0 atom stereocenters. The van der Waals surface area contributed by atoms with E-state index in [1.165, 1.54) is 12.1 Å². The molecule has 2 aromatic carbocycles. The molecule has 0 aliphatic heterocycles. The van der Waals surface area contributed by atoms with Crippen LogP contribution in [0.15, 0.2) is 90.6 Å². The zero-order valence-corrected chi connectivity index (χ0v) is 18.7. The zero-order chi connectivity index (χ0) is 23.7. The lowest BCUT2D eigenvalue weighted by molar-refractivity contribution is 0.565. The lowest BCUT2D eigenvalue weighted by Gasteiger charge is -2.14. The Morgan fingerprint density at radius 2 is 1.91 bits per heavy atom. The first-order valence-electron chi connectivity index (χ1n) is 10.3. The van der Waals surface area contributed by atoms with E-state index in [1.54, 1.807) is 35.0 Å². The van der Waals surface area contributed by atoms with Crippen molar-refractivity contribution < 1.29 is 8.42 Å². The van der Waals surface area contributed by atoms with Gasteiger partial charge < -0.3 is 0 Å². The zero-order valence-electron chi connectivity index (χ0n) is 17.9. The van der Waals surface area contributed by atoms with Crippen LogP contribution in [0.2, 0.25) is 0 Å². The first-order valence-corrected chi connectivity index (χ1v) is 11.8. The molecule has 9 nitrogen and oxygen atoms in total. The maximum atomic E-state index is 12.8. The van der Waals surface area contributed by atoms with Gasteiger partial charge in [-0.15, -0.1) is 10.2 Å². The number of rotatable bonds is 7. The highest BCUT2D eigenvalue weighted by Crippen LogP contribution is 2.24. The van der Waals surface area contributed by atoms with Gasteiger partial charge in [-0.2, -0.15) is 9.61 Å². The van der Waals surface area contributed by atoms with Crippen molar-refractivity contribution in [3.05, 3.63) is 97.1 Å². The van der Waals surface area contributed by atoms with Gasteiger partial charge >= 0.3 is 0 Å². The van der Waals surface area contributed by atoms with Gasteiger partial charge in [0.25, 0.3) is 10.0 Å². The second-order valence-electron chi connectivity index (χ2n) is 7.49. The summed E-state index contributed by atoms with van der Waals surface area (Å²) in [7, 11) is -3.92. The van der Waals surface area contributed by atoms with Crippen molar-refractivity contribution in [3.63, 3.8) is 0 Å². The van der Waals surface area contributed by atoms with Gasteiger partial charge in [0.1, 0.15) is 6.34 Å². The SMILES string of the molecule is C=CN(C=N)S(=O)(=O)c1cccc(-c2ccc3nnc(Cc4ccc5ncccc5c4)n3n2)c1. The van der Waals surface area contributed by atoms with E-state index in [1.807, 2.05) is 24.3 Å². The Kier molecular flexibility index (Phi) is 5.34. The van der Waals surface area contributed by atoms with Crippen LogP contribution in [0.4, 0.5) is 0 Å². The summed E-state index contributed by atoms with van der Waals surface area (Å²) in [6.07, 6.45) is 4.06. The molecule has 3 aromatic heterocycles. The molecule has 0 amide bonds. The molecule has 0 fully saturated rings. The third kappa shape index (κ3) is 3.80. The normalized spacial score (nSPS) is 11.5. The number of aromatic nitrogens is 5. The number of fused-ring (bicyclic) bond motifs is 2. The Bertz CT molecular complexity index is 1650. The molecule has 5 rings (SSSR count). The lowest BCUT2D eigenvalue weighted by atomic mass is 10.1. The average Bonchev–Trinajstić information content (AvgIpc) is 3.26. The predicted molar refractivity (Wildman–Crippen MR) is 129 cm³/mol. The van der Waals surface area contributed by atoms with Gasteiger partial charge in [-0.1, -0.05) is 30.8 Å². The molecule has 34 heavy (non-hydrogen) atoms. The van der Waals surface area contributed by atoms with Crippen LogP contribution >= 0.6 is 0 Å². The second-order valence-corrected chi connectivity index (χ2v) is 9.33. The summed E-state index contributed by atoms with van der Waals surface area (Å²) < 4.78 is 27.9. The van der Waals surface area contributed by atoms with E-state index in [9.17, 15) is 8.42 Å². The monoisotopic (exact) mass is 469 g/mol. The number of hydrogen-bond donors (Lipinski definition) is 1. The van der Waals surface area contributed by atoms with E-state index in [-0.39, 0.29) is 4.90 Å². The fourth-order valence-corrected chi connectivity index (χ4v) is 4.78. The number of benzene rings is 2. The highest BCUT2D eigenvalue weighted by Gasteiger charge is 2.20. The Morgan fingerprint density at radius 1 is 1.03 bits per heavy atom. The summed E-state index contributed by atoms with van der Waals surface area (Å²) in [5, 5.41) is 21.6. The third-order valence-corrected chi connectivity index (χ3v) is 7.03. The van der Waals surface area contributed by atoms with Gasteiger partial charge in [-0.3, -0.25) is 10.4 Å². The molecule has 0 radical (unpaired) electrons. The molecule has 3 heterocycles. The standard InChI is InChI=1S/C24H19N7O2S/c1-2-30(16-25)34(32,33)20-7-3-5-19(15-20)22-10-11-23-27-28-24(31(23)29-22)14-17-8-9-21-18(13-17)6-4-12-26-21/h2-13,15-16,25H,1,14H2. The van der Waals surface area contributed by atoms with E-state index < -0.39 is 10.0 Å². The van der Waals surface area contributed by atoms with E-state index in [2.05, 4.69) is 32.9 Å². The fourth-order valence-electron chi connectivity index (χ4n) is 3.67. The van der Waals surface area contributed by atoms with Gasteiger partial charge in [0.2, 0.25) is 0 Å². The van der Waals surface area contributed by atoms with Crippen LogP contribution in [0, 0.1) is 5.41 Å². The highest BCUT2D eigenvalue weighted by molar-refractivity contribution is 7.89. The van der Waals surface area contributed by atoms with Crippen molar-refractivity contribution in [1.82, 2.24) is 29.1 Å². The summed E-state index contributed by atoms with van der Waals surface area (Å²) in [5.41, 5.74) is 3.73. The fraction of sp³-hybridized carbons (Fsp3) is 0.0417. The average molecular weight is 470 g/mol.